The van der Waals surface area contributed by atoms with Crippen LogP contribution < -0.4 is 10.6 Å². The molecule has 6 nitrogen and oxygen atoms in total. The molecular weight excluding hydrogens is 434 g/mol. The third-order valence-electron chi connectivity index (χ3n) is 5.40. The molecule has 1 aliphatic heterocycles. The standard InChI is InChI=1S/C26H25N3O3S/c1-17-8-9-18(2)23(14-17)33-21-12-10-20(11-13-21)27-24(30)16-29-25(31)22(28-26(29)32)15-19-6-4-3-5-7-19/h3-14,22H,15-16H2,1-2H3,(H,27,30)(H,28,32)/t22-/m0/s1. The molecule has 3 aromatic rings. The molecule has 33 heavy (non-hydrogen) atoms. The molecule has 0 radical (unpaired) electrons. The lowest BCUT2D eigenvalue weighted by Crippen LogP contribution is -2.38. The lowest BCUT2D eigenvalue weighted by Gasteiger charge is -2.13. The first-order valence-electron chi connectivity index (χ1n) is 10.7. The predicted octanol–water partition coefficient (Wildman–Crippen LogP) is 4.56. The molecule has 0 spiro atoms. The number of amides is 4. The van der Waals surface area contributed by atoms with E-state index < -0.39 is 18.0 Å². The van der Waals surface area contributed by atoms with Crippen LogP contribution in [0.1, 0.15) is 16.7 Å². The van der Waals surface area contributed by atoms with Crippen molar-refractivity contribution >= 4 is 35.3 Å². The zero-order valence-electron chi connectivity index (χ0n) is 18.5. The maximum absolute atomic E-state index is 12.6. The van der Waals surface area contributed by atoms with E-state index in [2.05, 4.69) is 42.7 Å². The predicted molar refractivity (Wildman–Crippen MR) is 129 cm³/mol. The number of urea groups is 1. The van der Waals surface area contributed by atoms with Crippen LogP contribution in [0.5, 0.6) is 0 Å². The van der Waals surface area contributed by atoms with Gasteiger partial charge in [0.2, 0.25) is 5.91 Å². The maximum Gasteiger partial charge on any atom is 0.325 e. The van der Waals surface area contributed by atoms with Gasteiger partial charge in [0.1, 0.15) is 12.6 Å². The van der Waals surface area contributed by atoms with Crippen LogP contribution in [0.15, 0.2) is 82.6 Å². The van der Waals surface area contributed by atoms with Crippen molar-refractivity contribution in [1.29, 1.82) is 0 Å². The fourth-order valence-corrected chi connectivity index (χ4v) is 4.61. The Morgan fingerprint density at radius 3 is 2.45 bits per heavy atom. The van der Waals surface area contributed by atoms with Gasteiger partial charge in [-0.05, 0) is 60.9 Å². The molecule has 4 amide bonds. The molecule has 1 heterocycles. The summed E-state index contributed by atoms with van der Waals surface area (Å²) in [5.41, 5.74) is 3.97. The number of hydrogen-bond acceptors (Lipinski definition) is 4. The Kier molecular flexibility index (Phi) is 6.79. The fraction of sp³-hybridized carbons (Fsp3) is 0.192. The minimum absolute atomic E-state index is 0.324. The zero-order chi connectivity index (χ0) is 23.4. The Hall–Kier alpha value is -3.58. The van der Waals surface area contributed by atoms with Crippen molar-refractivity contribution in [3.8, 4) is 0 Å². The summed E-state index contributed by atoms with van der Waals surface area (Å²) >= 11 is 1.67. The number of benzene rings is 3. The smallest absolute Gasteiger partial charge is 0.325 e. The summed E-state index contributed by atoms with van der Waals surface area (Å²) in [6.45, 7) is 3.82. The number of hydrogen-bond donors (Lipinski definition) is 2. The molecule has 1 fully saturated rings. The minimum Gasteiger partial charge on any atom is -0.325 e. The number of nitrogens with zero attached hydrogens (tertiary/aromatic N) is 1. The first-order chi connectivity index (χ1) is 15.9. The van der Waals surface area contributed by atoms with Crippen molar-refractivity contribution in [2.75, 3.05) is 11.9 Å². The first-order valence-corrected chi connectivity index (χ1v) is 11.5. The molecule has 0 bridgehead atoms. The van der Waals surface area contributed by atoms with Gasteiger partial charge in [-0.15, -0.1) is 0 Å². The molecule has 1 atom stereocenters. The molecular formula is C26H25N3O3S. The molecule has 7 heteroatoms. The fourth-order valence-electron chi connectivity index (χ4n) is 3.61. The summed E-state index contributed by atoms with van der Waals surface area (Å²) in [7, 11) is 0. The molecule has 3 aromatic carbocycles. The van der Waals surface area contributed by atoms with Crippen LogP contribution in [-0.2, 0) is 16.0 Å². The van der Waals surface area contributed by atoms with Crippen molar-refractivity contribution in [1.82, 2.24) is 10.2 Å². The van der Waals surface area contributed by atoms with Gasteiger partial charge in [-0.3, -0.25) is 14.5 Å². The van der Waals surface area contributed by atoms with E-state index >= 15 is 0 Å². The van der Waals surface area contributed by atoms with E-state index in [1.54, 1.807) is 11.8 Å². The highest BCUT2D eigenvalue weighted by atomic mass is 32.2. The van der Waals surface area contributed by atoms with Crippen molar-refractivity contribution in [2.45, 2.75) is 36.1 Å². The number of rotatable bonds is 7. The maximum atomic E-state index is 12.6. The number of imide groups is 1. The van der Waals surface area contributed by atoms with Crippen LogP contribution in [0.3, 0.4) is 0 Å². The molecule has 1 aliphatic rings. The third-order valence-corrected chi connectivity index (χ3v) is 6.57. The molecule has 4 rings (SSSR count). The van der Waals surface area contributed by atoms with E-state index in [-0.39, 0.29) is 12.5 Å². The van der Waals surface area contributed by atoms with Gasteiger partial charge in [-0.1, -0.05) is 54.2 Å². The highest BCUT2D eigenvalue weighted by Crippen LogP contribution is 2.31. The van der Waals surface area contributed by atoms with Crippen LogP contribution in [0.4, 0.5) is 10.5 Å². The topological polar surface area (TPSA) is 78.5 Å². The number of nitrogens with one attached hydrogen (secondary N) is 2. The normalized spacial score (nSPS) is 15.5. The Bertz CT molecular complexity index is 1180. The minimum atomic E-state index is -0.658. The monoisotopic (exact) mass is 459 g/mol. The molecule has 0 aliphatic carbocycles. The van der Waals surface area contributed by atoms with Gasteiger partial charge < -0.3 is 10.6 Å². The average molecular weight is 460 g/mol. The highest BCUT2D eigenvalue weighted by molar-refractivity contribution is 7.99. The average Bonchev–Trinajstić information content (AvgIpc) is 3.05. The van der Waals surface area contributed by atoms with Gasteiger partial charge in [0.25, 0.3) is 5.91 Å². The molecule has 0 unspecified atom stereocenters. The summed E-state index contributed by atoms with van der Waals surface area (Å²) in [4.78, 5) is 40.6. The van der Waals surface area contributed by atoms with E-state index in [0.29, 0.717) is 12.1 Å². The largest absolute Gasteiger partial charge is 0.325 e. The van der Waals surface area contributed by atoms with Crippen molar-refractivity contribution < 1.29 is 14.4 Å². The van der Waals surface area contributed by atoms with Crippen LogP contribution >= 0.6 is 11.8 Å². The van der Waals surface area contributed by atoms with Crippen molar-refractivity contribution in [3.05, 3.63) is 89.5 Å². The second-order valence-corrected chi connectivity index (χ2v) is 9.18. The highest BCUT2D eigenvalue weighted by Gasteiger charge is 2.38. The Morgan fingerprint density at radius 2 is 1.73 bits per heavy atom. The second-order valence-electron chi connectivity index (χ2n) is 8.06. The van der Waals surface area contributed by atoms with E-state index in [4.69, 9.17) is 0 Å². The third kappa shape index (κ3) is 5.62. The number of anilines is 1. The second kappa shape index (κ2) is 9.92. The van der Waals surface area contributed by atoms with E-state index in [0.717, 1.165) is 15.4 Å². The molecule has 1 saturated heterocycles. The number of carbonyl (C=O) groups is 3. The van der Waals surface area contributed by atoms with Gasteiger partial charge >= 0.3 is 6.03 Å². The number of carbonyl (C=O) groups excluding carboxylic acids is 3. The van der Waals surface area contributed by atoms with Crippen LogP contribution in [0, 0.1) is 13.8 Å². The van der Waals surface area contributed by atoms with E-state index in [9.17, 15) is 14.4 Å². The van der Waals surface area contributed by atoms with Crippen LogP contribution in [0.2, 0.25) is 0 Å². The van der Waals surface area contributed by atoms with E-state index in [1.807, 2.05) is 54.6 Å². The van der Waals surface area contributed by atoms with Gasteiger partial charge in [0, 0.05) is 21.9 Å². The van der Waals surface area contributed by atoms with Crippen LogP contribution in [-0.4, -0.2) is 35.3 Å². The summed E-state index contributed by atoms with van der Waals surface area (Å²) < 4.78 is 0. The van der Waals surface area contributed by atoms with Crippen molar-refractivity contribution in [2.24, 2.45) is 0 Å². The SMILES string of the molecule is Cc1ccc(C)c(Sc2ccc(NC(=O)CN3C(=O)N[C@@H](Cc4ccccc4)C3=O)cc2)c1. The van der Waals surface area contributed by atoms with Crippen molar-refractivity contribution in [3.63, 3.8) is 0 Å². The van der Waals surface area contributed by atoms with Gasteiger partial charge in [-0.25, -0.2) is 4.79 Å². The lowest BCUT2D eigenvalue weighted by atomic mass is 10.1. The van der Waals surface area contributed by atoms with Crippen LogP contribution in [0.25, 0.3) is 0 Å². The molecule has 0 saturated carbocycles. The first kappa shape index (κ1) is 22.6. The lowest BCUT2D eigenvalue weighted by molar-refractivity contribution is -0.130. The summed E-state index contributed by atoms with van der Waals surface area (Å²) in [6, 6.07) is 22.1. The Balaban J connectivity index is 1.33. The summed E-state index contributed by atoms with van der Waals surface area (Å²) in [6.07, 6.45) is 0.392. The zero-order valence-corrected chi connectivity index (χ0v) is 19.3. The molecule has 0 aromatic heterocycles. The molecule has 2 N–H and O–H groups in total. The summed E-state index contributed by atoms with van der Waals surface area (Å²) in [5, 5.41) is 5.43. The summed E-state index contributed by atoms with van der Waals surface area (Å²) in [5.74, 6) is -0.812. The quantitative estimate of drug-likeness (QED) is 0.508. The van der Waals surface area contributed by atoms with Gasteiger partial charge in [0.15, 0.2) is 0 Å². The molecule has 168 valence electrons. The van der Waals surface area contributed by atoms with Gasteiger partial charge in [0.05, 0.1) is 0 Å². The van der Waals surface area contributed by atoms with E-state index in [1.165, 1.54) is 16.0 Å². The Labute approximate surface area is 197 Å². The van der Waals surface area contributed by atoms with Gasteiger partial charge in [-0.2, -0.15) is 0 Å². The number of aryl methyl sites for hydroxylation is 2. The Morgan fingerprint density at radius 1 is 1.00 bits per heavy atom.